The van der Waals surface area contributed by atoms with Gasteiger partial charge in [-0.2, -0.15) is 0 Å². The zero-order valence-corrected chi connectivity index (χ0v) is 10.7. The highest BCUT2D eigenvalue weighted by molar-refractivity contribution is 9.10. The molecule has 0 aliphatic heterocycles. The van der Waals surface area contributed by atoms with Gasteiger partial charge in [-0.1, -0.05) is 6.07 Å². The maximum Gasteiger partial charge on any atom is 0.255 e. The third-order valence-electron chi connectivity index (χ3n) is 2.26. The Labute approximate surface area is 111 Å². The summed E-state index contributed by atoms with van der Waals surface area (Å²) in [6.07, 6.45) is 0. The second-order valence-corrected chi connectivity index (χ2v) is 4.45. The number of anilines is 1. The normalized spacial score (nSPS) is 10.2. The summed E-state index contributed by atoms with van der Waals surface area (Å²) in [5, 5.41) is 2.52. The van der Waals surface area contributed by atoms with Crippen LogP contribution in [0.2, 0.25) is 0 Å². The smallest absolute Gasteiger partial charge is 0.255 e. The highest BCUT2D eigenvalue weighted by Gasteiger charge is 2.09. The molecule has 2 nitrogen and oxygen atoms in total. The Kier molecular flexibility index (Phi) is 3.72. The molecule has 92 valence electrons. The highest BCUT2D eigenvalue weighted by atomic mass is 79.9. The first-order valence-electron chi connectivity index (χ1n) is 5.08. The number of carbonyl (C=O) groups excluding carboxylic acids is 1. The van der Waals surface area contributed by atoms with Gasteiger partial charge in [-0.15, -0.1) is 0 Å². The standard InChI is InChI=1S/C13H8BrF2NO/c14-11-6-8(4-5-12(11)16)13(18)17-10-3-1-2-9(15)7-10/h1-7H,(H,17,18). The van der Waals surface area contributed by atoms with Crippen molar-refractivity contribution >= 4 is 27.5 Å². The molecule has 18 heavy (non-hydrogen) atoms. The molecule has 2 aromatic carbocycles. The molecule has 0 saturated carbocycles. The first-order chi connectivity index (χ1) is 8.56. The number of hydrogen-bond acceptors (Lipinski definition) is 1. The van der Waals surface area contributed by atoms with Crippen molar-refractivity contribution in [2.75, 3.05) is 5.32 Å². The average molecular weight is 312 g/mol. The molecule has 0 unspecified atom stereocenters. The van der Waals surface area contributed by atoms with Crippen LogP contribution in [-0.2, 0) is 0 Å². The zero-order chi connectivity index (χ0) is 13.1. The summed E-state index contributed by atoms with van der Waals surface area (Å²) in [5.41, 5.74) is 0.632. The fraction of sp³-hybridized carbons (Fsp3) is 0. The zero-order valence-electron chi connectivity index (χ0n) is 9.08. The predicted octanol–water partition coefficient (Wildman–Crippen LogP) is 3.98. The molecule has 2 rings (SSSR count). The minimum Gasteiger partial charge on any atom is -0.322 e. The SMILES string of the molecule is O=C(Nc1cccc(F)c1)c1ccc(F)c(Br)c1. The Hall–Kier alpha value is -1.75. The van der Waals surface area contributed by atoms with E-state index >= 15 is 0 Å². The van der Waals surface area contributed by atoms with Gasteiger partial charge < -0.3 is 5.32 Å². The van der Waals surface area contributed by atoms with Crippen LogP contribution in [0.3, 0.4) is 0 Å². The van der Waals surface area contributed by atoms with Crippen LogP contribution in [0, 0.1) is 11.6 Å². The van der Waals surface area contributed by atoms with Crippen LogP contribution in [0.5, 0.6) is 0 Å². The molecule has 1 amide bonds. The molecule has 5 heteroatoms. The Bertz CT molecular complexity index is 601. The maximum atomic E-state index is 13.0. The lowest BCUT2D eigenvalue weighted by Crippen LogP contribution is -2.12. The number of nitrogens with one attached hydrogen (secondary N) is 1. The summed E-state index contributed by atoms with van der Waals surface area (Å²) in [4.78, 5) is 11.8. The Morgan fingerprint density at radius 3 is 2.56 bits per heavy atom. The molecular formula is C13H8BrF2NO. The van der Waals surface area contributed by atoms with Crippen molar-refractivity contribution < 1.29 is 13.6 Å². The molecule has 0 aliphatic carbocycles. The third-order valence-corrected chi connectivity index (χ3v) is 2.87. The molecule has 0 aliphatic rings. The van der Waals surface area contributed by atoms with Crippen molar-refractivity contribution in [3.05, 3.63) is 64.1 Å². The lowest BCUT2D eigenvalue weighted by Gasteiger charge is -2.05. The van der Waals surface area contributed by atoms with Crippen LogP contribution in [0.25, 0.3) is 0 Å². The van der Waals surface area contributed by atoms with Gasteiger partial charge in [0.1, 0.15) is 11.6 Å². The lowest BCUT2D eigenvalue weighted by atomic mass is 10.2. The van der Waals surface area contributed by atoms with Gasteiger partial charge in [-0.3, -0.25) is 4.79 Å². The molecule has 0 heterocycles. The van der Waals surface area contributed by atoms with Crippen LogP contribution in [0.15, 0.2) is 46.9 Å². The van der Waals surface area contributed by atoms with Gasteiger partial charge in [0, 0.05) is 11.3 Å². The van der Waals surface area contributed by atoms with E-state index in [1.165, 1.54) is 36.4 Å². The predicted molar refractivity (Wildman–Crippen MR) is 68.5 cm³/mol. The van der Waals surface area contributed by atoms with Gasteiger partial charge in [0.05, 0.1) is 4.47 Å². The van der Waals surface area contributed by atoms with Crippen LogP contribution in [-0.4, -0.2) is 5.91 Å². The Morgan fingerprint density at radius 1 is 1.11 bits per heavy atom. The number of amides is 1. The summed E-state index contributed by atoms with van der Waals surface area (Å²) < 4.78 is 26.1. The first-order valence-corrected chi connectivity index (χ1v) is 5.87. The van der Waals surface area contributed by atoms with Crippen LogP contribution >= 0.6 is 15.9 Å². The first kappa shape index (κ1) is 12.7. The molecule has 0 aromatic heterocycles. The van der Waals surface area contributed by atoms with Gasteiger partial charge in [0.2, 0.25) is 0 Å². The fourth-order valence-electron chi connectivity index (χ4n) is 1.41. The Balaban J connectivity index is 2.19. The van der Waals surface area contributed by atoms with E-state index in [0.29, 0.717) is 5.69 Å². The summed E-state index contributed by atoms with van der Waals surface area (Å²) in [7, 11) is 0. The average Bonchev–Trinajstić information content (AvgIpc) is 2.32. The van der Waals surface area contributed by atoms with Crippen molar-refractivity contribution in [2.45, 2.75) is 0 Å². The summed E-state index contributed by atoms with van der Waals surface area (Å²) in [6, 6.07) is 9.45. The van der Waals surface area contributed by atoms with Gasteiger partial charge in [0.25, 0.3) is 5.91 Å². The van der Waals surface area contributed by atoms with Gasteiger partial charge in [0.15, 0.2) is 0 Å². The topological polar surface area (TPSA) is 29.1 Å². The summed E-state index contributed by atoms with van der Waals surface area (Å²) in [5.74, 6) is -1.31. The molecule has 0 atom stereocenters. The van der Waals surface area contributed by atoms with E-state index in [1.54, 1.807) is 6.07 Å². The largest absolute Gasteiger partial charge is 0.322 e. The van der Waals surface area contributed by atoms with E-state index in [-0.39, 0.29) is 10.0 Å². The molecule has 0 saturated heterocycles. The number of rotatable bonds is 2. The summed E-state index contributed by atoms with van der Waals surface area (Å²) in [6.45, 7) is 0. The fourth-order valence-corrected chi connectivity index (χ4v) is 1.79. The molecule has 0 fully saturated rings. The second kappa shape index (κ2) is 5.27. The van der Waals surface area contributed by atoms with Crippen molar-refractivity contribution in [3.63, 3.8) is 0 Å². The quantitative estimate of drug-likeness (QED) is 0.893. The molecule has 1 N–H and O–H groups in total. The number of halogens is 3. The van der Waals surface area contributed by atoms with E-state index in [0.717, 1.165) is 0 Å². The van der Waals surface area contributed by atoms with Crippen LogP contribution in [0.1, 0.15) is 10.4 Å². The van der Waals surface area contributed by atoms with Crippen molar-refractivity contribution in [3.8, 4) is 0 Å². The van der Waals surface area contributed by atoms with Crippen molar-refractivity contribution in [2.24, 2.45) is 0 Å². The minimum absolute atomic E-state index is 0.203. The van der Waals surface area contributed by atoms with E-state index in [9.17, 15) is 13.6 Å². The van der Waals surface area contributed by atoms with Gasteiger partial charge in [-0.05, 0) is 52.3 Å². The summed E-state index contributed by atoms with van der Waals surface area (Å²) >= 11 is 3.00. The van der Waals surface area contributed by atoms with E-state index in [1.807, 2.05) is 0 Å². The molecule has 2 aromatic rings. The number of hydrogen-bond donors (Lipinski definition) is 1. The van der Waals surface area contributed by atoms with Gasteiger partial charge in [-0.25, -0.2) is 8.78 Å². The highest BCUT2D eigenvalue weighted by Crippen LogP contribution is 2.18. The second-order valence-electron chi connectivity index (χ2n) is 3.59. The van der Waals surface area contributed by atoms with Crippen molar-refractivity contribution in [1.29, 1.82) is 0 Å². The van der Waals surface area contributed by atoms with Crippen LogP contribution < -0.4 is 5.32 Å². The van der Waals surface area contributed by atoms with E-state index < -0.39 is 17.5 Å². The molecule has 0 radical (unpaired) electrons. The lowest BCUT2D eigenvalue weighted by molar-refractivity contribution is 0.102. The number of carbonyl (C=O) groups is 1. The number of benzene rings is 2. The molecule has 0 spiro atoms. The van der Waals surface area contributed by atoms with E-state index in [4.69, 9.17) is 0 Å². The van der Waals surface area contributed by atoms with Crippen molar-refractivity contribution in [1.82, 2.24) is 0 Å². The third kappa shape index (κ3) is 2.92. The Morgan fingerprint density at radius 2 is 1.89 bits per heavy atom. The maximum absolute atomic E-state index is 13.0. The van der Waals surface area contributed by atoms with E-state index in [2.05, 4.69) is 21.2 Å². The van der Waals surface area contributed by atoms with Crippen LogP contribution in [0.4, 0.5) is 14.5 Å². The molecular weight excluding hydrogens is 304 g/mol. The van der Waals surface area contributed by atoms with Gasteiger partial charge >= 0.3 is 0 Å². The molecule has 0 bridgehead atoms. The monoisotopic (exact) mass is 311 g/mol. The minimum atomic E-state index is -0.447.